The molecule has 0 aliphatic carbocycles. The molecule has 1 amide bonds. The van der Waals surface area contributed by atoms with E-state index in [-0.39, 0.29) is 5.91 Å². The number of carbonyl (C=O) groups is 1. The van der Waals surface area contributed by atoms with Gasteiger partial charge >= 0.3 is 0 Å². The Morgan fingerprint density at radius 3 is 3.00 bits per heavy atom. The van der Waals surface area contributed by atoms with Gasteiger partial charge in [0.05, 0.1) is 17.6 Å². The zero-order valence-electron chi connectivity index (χ0n) is 11.2. The molecule has 0 bridgehead atoms. The van der Waals surface area contributed by atoms with Gasteiger partial charge in [0.15, 0.2) is 0 Å². The molecule has 0 aliphatic heterocycles. The number of hydrogen-bond donors (Lipinski definition) is 1. The molecule has 1 aromatic carbocycles. The standard InChI is InChI=1S/C15H19N3O/c1-3-5-10-18-13-9-7-6-8-12(13)17-14(18)11-16-15(19)4-2/h4,6-9H,2-3,5,10-11H2,1H3,(H,16,19). The second kappa shape index (κ2) is 6.18. The Morgan fingerprint density at radius 1 is 1.47 bits per heavy atom. The summed E-state index contributed by atoms with van der Waals surface area (Å²) in [6, 6.07) is 8.05. The maximum atomic E-state index is 11.3. The second-order valence-corrected chi connectivity index (χ2v) is 4.44. The molecule has 19 heavy (non-hydrogen) atoms. The SMILES string of the molecule is C=CC(=O)NCc1nc2ccccc2n1CCCC. The number of imidazole rings is 1. The first-order valence-electron chi connectivity index (χ1n) is 6.60. The molecule has 2 aromatic rings. The van der Waals surface area contributed by atoms with Crippen LogP contribution in [0.1, 0.15) is 25.6 Å². The summed E-state index contributed by atoms with van der Waals surface area (Å²) < 4.78 is 2.18. The Bertz CT molecular complexity index is 586. The summed E-state index contributed by atoms with van der Waals surface area (Å²) in [6.07, 6.45) is 3.51. The summed E-state index contributed by atoms with van der Waals surface area (Å²) in [5.41, 5.74) is 2.10. The van der Waals surface area contributed by atoms with Crippen LogP contribution >= 0.6 is 0 Å². The van der Waals surface area contributed by atoms with Crippen LogP contribution < -0.4 is 5.32 Å². The molecule has 1 aromatic heterocycles. The number of nitrogens with zero attached hydrogens (tertiary/aromatic N) is 2. The monoisotopic (exact) mass is 257 g/mol. The van der Waals surface area contributed by atoms with Crippen molar-refractivity contribution in [2.45, 2.75) is 32.9 Å². The van der Waals surface area contributed by atoms with Crippen LogP contribution in [0.4, 0.5) is 0 Å². The Balaban J connectivity index is 2.29. The van der Waals surface area contributed by atoms with Crippen molar-refractivity contribution in [3.8, 4) is 0 Å². The van der Waals surface area contributed by atoms with E-state index in [1.807, 2.05) is 18.2 Å². The largest absolute Gasteiger partial charge is 0.345 e. The molecule has 4 nitrogen and oxygen atoms in total. The molecule has 0 unspecified atom stereocenters. The maximum Gasteiger partial charge on any atom is 0.243 e. The van der Waals surface area contributed by atoms with Gasteiger partial charge < -0.3 is 9.88 Å². The number of rotatable bonds is 6. The predicted molar refractivity (Wildman–Crippen MR) is 76.7 cm³/mol. The van der Waals surface area contributed by atoms with Crippen molar-refractivity contribution in [2.75, 3.05) is 0 Å². The van der Waals surface area contributed by atoms with E-state index in [2.05, 4.69) is 34.4 Å². The van der Waals surface area contributed by atoms with Gasteiger partial charge in [0, 0.05) is 6.54 Å². The third-order valence-corrected chi connectivity index (χ3v) is 3.08. The normalized spacial score (nSPS) is 10.6. The lowest BCUT2D eigenvalue weighted by atomic mass is 10.3. The highest BCUT2D eigenvalue weighted by atomic mass is 16.1. The first kappa shape index (κ1) is 13.3. The van der Waals surface area contributed by atoms with Gasteiger partial charge in [-0.2, -0.15) is 0 Å². The highest BCUT2D eigenvalue weighted by molar-refractivity contribution is 5.86. The molecule has 0 saturated carbocycles. The van der Waals surface area contributed by atoms with E-state index >= 15 is 0 Å². The predicted octanol–water partition coefficient (Wildman–Crippen LogP) is 2.64. The van der Waals surface area contributed by atoms with Crippen LogP contribution in [0, 0.1) is 0 Å². The molecule has 100 valence electrons. The van der Waals surface area contributed by atoms with Crippen molar-refractivity contribution in [2.24, 2.45) is 0 Å². The van der Waals surface area contributed by atoms with Crippen LogP contribution in [0.2, 0.25) is 0 Å². The fourth-order valence-electron chi connectivity index (χ4n) is 2.06. The Labute approximate surface area is 113 Å². The van der Waals surface area contributed by atoms with Crippen molar-refractivity contribution >= 4 is 16.9 Å². The Hall–Kier alpha value is -2.10. The minimum atomic E-state index is -0.172. The molecule has 0 aliphatic rings. The summed E-state index contributed by atoms with van der Waals surface area (Å²) in [4.78, 5) is 15.8. The van der Waals surface area contributed by atoms with E-state index in [1.165, 1.54) is 6.08 Å². The first-order valence-corrected chi connectivity index (χ1v) is 6.60. The molecule has 0 spiro atoms. The number of fused-ring (bicyclic) bond motifs is 1. The highest BCUT2D eigenvalue weighted by Crippen LogP contribution is 2.16. The zero-order valence-corrected chi connectivity index (χ0v) is 11.2. The molecule has 1 heterocycles. The summed E-state index contributed by atoms with van der Waals surface area (Å²) >= 11 is 0. The van der Waals surface area contributed by atoms with E-state index in [1.54, 1.807) is 0 Å². The van der Waals surface area contributed by atoms with Crippen LogP contribution in [0.3, 0.4) is 0 Å². The number of para-hydroxylation sites is 2. The fourth-order valence-corrected chi connectivity index (χ4v) is 2.06. The van der Waals surface area contributed by atoms with Gasteiger partial charge in [-0.15, -0.1) is 0 Å². The van der Waals surface area contributed by atoms with E-state index < -0.39 is 0 Å². The molecule has 0 saturated heterocycles. The Kier molecular flexibility index (Phi) is 4.34. The van der Waals surface area contributed by atoms with Gasteiger partial charge in [0.1, 0.15) is 5.82 Å². The maximum absolute atomic E-state index is 11.3. The lowest BCUT2D eigenvalue weighted by Gasteiger charge is -2.08. The minimum absolute atomic E-state index is 0.172. The summed E-state index contributed by atoms with van der Waals surface area (Å²) in [7, 11) is 0. The van der Waals surface area contributed by atoms with Crippen molar-refractivity contribution < 1.29 is 4.79 Å². The number of hydrogen-bond acceptors (Lipinski definition) is 2. The molecule has 4 heteroatoms. The first-order chi connectivity index (χ1) is 9.26. The molecule has 0 atom stereocenters. The zero-order chi connectivity index (χ0) is 13.7. The van der Waals surface area contributed by atoms with E-state index in [9.17, 15) is 4.79 Å². The number of benzene rings is 1. The number of nitrogens with one attached hydrogen (secondary N) is 1. The number of aromatic nitrogens is 2. The fraction of sp³-hybridized carbons (Fsp3) is 0.333. The average molecular weight is 257 g/mol. The smallest absolute Gasteiger partial charge is 0.243 e. The van der Waals surface area contributed by atoms with Crippen molar-refractivity contribution in [3.05, 3.63) is 42.7 Å². The van der Waals surface area contributed by atoms with E-state index in [4.69, 9.17) is 0 Å². The Morgan fingerprint density at radius 2 is 2.26 bits per heavy atom. The van der Waals surface area contributed by atoms with Crippen molar-refractivity contribution in [3.63, 3.8) is 0 Å². The van der Waals surface area contributed by atoms with Crippen LogP contribution in [-0.2, 0) is 17.9 Å². The molecular weight excluding hydrogens is 238 g/mol. The molecular formula is C15H19N3O. The second-order valence-electron chi connectivity index (χ2n) is 4.44. The van der Waals surface area contributed by atoms with E-state index in [0.717, 1.165) is 36.2 Å². The summed E-state index contributed by atoms with van der Waals surface area (Å²) in [6.45, 7) is 6.97. The molecule has 0 radical (unpaired) electrons. The number of amides is 1. The van der Waals surface area contributed by atoms with Gasteiger partial charge in [-0.3, -0.25) is 4.79 Å². The lowest BCUT2D eigenvalue weighted by Crippen LogP contribution is -2.22. The van der Waals surface area contributed by atoms with Gasteiger partial charge in [-0.1, -0.05) is 32.1 Å². The van der Waals surface area contributed by atoms with E-state index in [0.29, 0.717) is 6.54 Å². The minimum Gasteiger partial charge on any atom is -0.345 e. The molecule has 0 fully saturated rings. The van der Waals surface area contributed by atoms with Gasteiger partial charge in [0.25, 0.3) is 0 Å². The van der Waals surface area contributed by atoms with Crippen LogP contribution in [-0.4, -0.2) is 15.5 Å². The molecule has 1 N–H and O–H groups in total. The lowest BCUT2D eigenvalue weighted by molar-refractivity contribution is -0.116. The van der Waals surface area contributed by atoms with Crippen molar-refractivity contribution in [1.29, 1.82) is 0 Å². The number of carbonyl (C=O) groups excluding carboxylic acids is 1. The third kappa shape index (κ3) is 3.02. The summed E-state index contributed by atoms with van der Waals surface area (Å²) in [5.74, 6) is 0.721. The highest BCUT2D eigenvalue weighted by Gasteiger charge is 2.10. The van der Waals surface area contributed by atoms with Gasteiger partial charge in [-0.25, -0.2) is 4.98 Å². The average Bonchev–Trinajstić information content (AvgIpc) is 2.80. The summed E-state index contributed by atoms with van der Waals surface area (Å²) in [5, 5.41) is 2.79. The topological polar surface area (TPSA) is 46.9 Å². The van der Waals surface area contributed by atoms with Crippen molar-refractivity contribution in [1.82, 2.24) is 14.9 Å². The van der Waals surface area contributed by atoms with Gasteiger partial charge in [0.2, 0.25) is 5.91 Å². The number of unbranched alkanes of at least 4 members (excludes halogenated alkanes) is 1. The van der Waals surface area contributed by atoms with Gasteiger partial charge in [-0.05, 0) is 24.6 Å². The third-order valence-electron chi connectivity index (χ3n) is 3.08. The molecule has 2 rings (SSSR count). The number of aryl methyl sites for hydroxylation is 1. The van der Waals surface area contributed by atoms with Crippen LogP contribution in [0.25, 0.3) is 11.0 Å². The van der Waals surface area contributed by atoms with Crippen LogP contribution in [0.5, 0.6) is 0 Å². The van der Waals surface area contributed by atoms with Crippen LogP contribution in [0.15, 0.2) is 36.9 Å². The quantitative estimate of drug-likeness (QED) is 0.809.